The topological polar surface area (TPSA) is 101 Å². The Morgan fingerprint density at radius 2 is 1.78 bits per heavy atom. The summed E-state index contributed by atoms with van der Waals surface area (Å²) in [5, 5.41) is 0. The standard InChI is InChI=1S/C15H21N3O4S/c1-11(15(16)20)17-6-8-18(9-7-17)23(21,22)14-5-3-4-13(10-14)12(2)19/h3-5,10-11H,6-9H2,1-2H3,(H2,16,20). The largest absolute Gasteiger partial charge is 0.368 e. The first-order chi connectivity index (χ1) is 10.7. The van der Waals surface area contributed by atoms with Gasteiger partial charge in [-0.2, -0.15) is 4.31 Å². The van der Waals surface area contributed by atoms with E-state index in [2.05, 4.69) is 0 Å². The van der Waals surface area contributed by atoms with Crippen molar-refractivity contribution >= 4 is 21.7 Å². The first-order valence-corrected chi connectivity index (χ1v) is 8.82. The first kappa shape index (κ1) is 17.6. The predicted molar refractivity (Wildman–Crippen MR) is 85.4 cm³/mol. The van der Waals surface area contributed by atoms with Crippen LogP contribution in [0, 0.1) is 0 Å². The third-order valence-corrected chi connectivity index (χ3v) is 6.01. The molecule has 0 aliphatic carbocycles. The van der Waals surface area contributed by atoms with Gasteiger partial charge in [-0.05, 0) is 26.0 Å². The Morgan fingerprint density at radius 3 is 2.30 bits per heavy atom. The van der Waals surface area contributed by atoms with Crippen molar-refractivity contribution in [2.75, 3.05) is 26.2 Å². The molecule has 0 bridgehead atoms. The van der Waals surface area contributed by atoms with E-state index in [0.29, 0.717) is 18.7 Å². The number of hydrogen-bond donors (Lipinski definition) is 1. The second-order valence-corrected chi connectivity index (χ2v) is 7.54. The zero-order valence-corrected chi connectivity index (χ0v) is 14.0. The average molecular weight is 339 g/mol. The van der Waals surface area contributed by atoms with Gasteiger partial charge in [0, 0.05) is 31.7 Å². The molecule has 2 N–H and O–H groups in total. The van der Waals surface area contributed by atoms with E-state index < -0.39 is 22.0 Å². The van der Waals surface area contributed by atoms with E-state index in [1.807, 2.05) is 4.90 Å². The van der Waals surface area contributed by atoms with Crippen molar-refractivity contribution in [1.29, 1.82) is 0 Å². The van der Waals surface area contributed by atoms with Gasteiger partial charge in [0.2, 0.25) is 15.9 Å². The van der Waals surface area contributed by atoms with Crippen LogP contribution in [0.1, 0.15) is 24.2 Å². The lowest BCUT2D eigenvalue weighted by atomic mass is 10.2. The van der Waals surface area contributed by atoms with Crippen LogP contribution in [-0.4, -0.2) is 61.5 Å². The van der Waals surface area contributed by atoms with E-state index in [4.69, 9.17) is 5.73 Å². The first-order valence-electron chi connectivity index (χ1n) is 7.38. The summed E-state index contributed by atoms with van der Waals surface area (Å²) in [7, 11) is -3.65. The molecule has 1 aromatic rings. The van der Waals surface area contributed by atoms with Gasteiger partial charge in [0.15, 0.2) is 5.78 Å². The van der Waals surface area contributed by atoms with Gasteiger partial charge in [-0.3, -0.25) is 14.5 Å². The highest BCUT2D eigenvalue weighted by molar-refractivity contribution is 7.89. The zero-order chi connectivity index (χ0) is 17.2. The summed E-state index contributed by atoms with van der Waals surface area (Å²) in [4.78, 5) is 24.6. The lowest BCUT2D eigenvalue weighted by molar-refractivity contribution is -0.123. The molecule has 1 atom stereocenters. The number of rotatable bonds is 5. The SMILES string of the molecule is CC(=O)c1cccc(S(=O)(=O)N2CCN(C(C)C(N)=O)CC2)c1. The molecule has 0 radical (unpaired) electrons. The van der Waals surface area contributed by atoms with Crippen LogP contribution in [0.15, 0.2) is 29.2 Å². The maximum absolute atomic E-state index is 12.7. The number of piperazine rings is 1. The second kappa shape index (κ2) is 6.77. The Bertz CT molecular complexity index is 709. The Balaban J connectivity index is 2.15. The summed E-state index contributed by atoms with van der Waals surface area (Å²) in [6.07, 6.45) is 0. The van der Waals surface area contributed by atoms with Gasteiger partial charge in [0.05, 0.1) is 10.9 Å². The lowest BCUT2D eigenvalue weighted by Gasteiger charge is -2.36. The summed E-state index contributed by atoms with van der Waals surface area (Å²) in [6.45, 7) is 4.55. The Morgan fingerprint density at radius 1 is 1.17 bits per heavy atom. The van der Waals surface area contributed by atoms with Gasteiger partial charge in [-0.15, -0.1) is 0 Å². The van der Waals surface area contributed by atoms with Crippen LogP contribution in [-0.2, 0) is 14.8 Å². The number of sulfonamides is 1. The van der Waals surface area contributed by atoms with E-state index in [1.165, 1.54) is 23.4 Å². The number of hydrogen-bond acceptors (Lipinski definition) is 5. The number of nitrogens with zero attached hydrogens (tertiary/aromatic N) is 2. The fraction of sp³-hybridized carbons (Fsp3) is 0.467. The maximum atomic E-state index is 12.7. The highest BCUT2D eigenvalue weighted by Crippen LogP contribution is 2.19. The molecule has 1 aromatic carbocycles. The van der Waals surface area contributed by atoms with Gasteiger partial charge >= 0.3 is 0 Å². The smallest absolute Gasteiger partial charge is 0.243 e. The summed E-state index contributed by atoms with van der Waals surface area (Å²) < 4.78 is 26.7. The van der Waals surface area contributed by atoms with Gasteiger partial charge in [-0.25, -0.2) is 8.42 Å². The highest BCUT2D eigenvalue weighted by atomic mass is 32.2. The van der Waals surface area contributed by atoms with Gasteiger partial charge in [0.1, 0.15) is 0 Å². The number of benzene rings is 1. The van der Waals surface area contributed by atoms with Crippen LogP contribution in [0.2, 0.25) is 0 Å². The molecule has 1 aliphatic rings. The molecule has 8 heteroatoms. The molecular weight excluding hydrogens is 318 g/mol. The molecule has 1 amide bonds. The third kappa shape index (κ3) is 3.77. The number of ketones is 1. The van der Waals surface area contributed by atoms with E-state index in [1.54, 1.807) is 19.1 Å². The van der Waals surface area contributed by atoms with Crippen LogP contribution in [0.5, 0.6) is 0 Å². The summed E-state index contributed by atoms with van der Waals surface area (Å²) >= 11 is 0. The fourth-order valence-corrected chi connectivity index (χ4v) is 4.00. The minimum Gasteiger partial charge on any atom is -0.368 e. The number of primary amides is 1. The molecule has 126 valence electrons. The van der Waals surface area contributed by atoms with Gasteiger partial charge in [0.25, 0.3) is 0 Å². The van der Waals surface area contributed by atoms with Crippen LogP contribution in [0.25, 0.3) is 0 Å². The molecule has 1 saturated heterocycles. The number of carbonyl (C=O) groups excluding carboxylic acids is 2. The normalized spacial score (nSPS) is 18.5. The summed E-state index contributed by atoms with van der Waals surface area (Å²) in [5.41, 5.74) is 5.65. The number of nitrogens with two attached hydrogens (primary N) is 1. The lowest BCUT2D eigenvalue weighted by Crippen LogP contribution is -2.54. The monoisotopic (exact) mass is 339 g/mol. The molecule has 1 fully saturated rings. The van der Waals surface area contributed by atoms with Crippen molar-refractivity contribution in [3.8, 4) is 0 Å². The van der Waals surface area contributed by atoms with E-state index in [9.17, 15) is 18.0 Å². The predicted octanol–water partition coefficient (Wildman–Crippen LogP) is 0.0693. The van der Waals surface area contributed by atoms with Crippen LogP contribution < -0.4 is 5.73 Å². The third-order valence-electron chi connectivity index (χ3n) is 4.11. The fourth-order valence-electron chi connectivity index (χ4n) is 2.54. The van der Waals surface area contributed by atoms with Crippen molar-refractivity contribution in [1.82, 2.24) is 9.21 Å². The van der Waals surface area contributed by atoms with Crippen LogP contribution in [0.4, 0.5) is 0 Å². The molecular formula is C15H21N3O4S. The Hall–Kier alpha value is -1.77. The van der Waals surface area contributed by atoms with E-state index in [0.717, 1.165) is 0 Å². The minimum absolute atomic E-state index is 0.113. The second-order valence-electron chi connectivity index (χ2n) is 5.60. The van der Waals surface area contributed by atoms with Gasteiger partial charge in [-0.1, -0.05) is 12.1 Å². The molecule has 1 aliphatic heterocycles. The van der Waals surface area contributed by atoms with Crippen molar-refractivity contribution in [3.63, 3.8) is 0 Å². The zero-order valence-electron chi connectivity index (χ0n) is 13.2. The van der Waals surface area contributed by atoms with Crippen molar-refractivity contribution in [2.45, 2.75) is 24.8 Å². The number of amides is 1. The quantitative estimate of drug-likeness (QED) is 0.765. The summed E-state index contributed by atoms with van der Waals surface area (Å²) in [6, 6.07) is 5.62. The molecule has 2 rings (SSSR count). The number of carbonyl (C=O) groups is 2. The molecule has 0 spiro atoms. The van der Waals surface area contributed by atoms with Crippen LogP contribution >= 0.6 is 0 Å². The highest BCUT2D eigenvalue weighted by Gasteiger charge is 2.31. The van der Waals surface area contributed by atoms with Crippen molar-refractivity contribution < 1.29 is 18.0 Å². The minimum atomic E-state index is -3.65. The average Bonchev–Trinajstić information content (AvgIpc) is 2.54. The number of Topliss-reactive ketones (excluding diaryl/α,β-unsaturated/α-hetero) is 1. The molecule has 0 saturated carbocycles. The van der Waals surface area contributed by atoms with E-state index >= 15 is 0 Å². The molecule has 0 aromatic heterocycles. The molecule has 7 nitrogen and oxygen atoms in total. The Labute approximate surface area is 136 Å². The van der Waals surface area contributed by atoms with Gasteiger partial charge < -0.3 is 5.73 Å². The molecule has 1 heterocycles. The molecule has 23 heavy (non-hydrogen) atoms. The Kier molecular flexibility index (Phi) is 5.18. The molecule has 1 unspecified atom stereocenters. The van der Waals surface area contributed by atoms with Crippen molar-refractivity contribution in [3.05, 3.63) is 29.8 Å². The van der Waals surface area contributed by atoms with Crippen LogP contribution in [0.3, 0.4) is 0 Å². The van der Waals surface area contributed by atoms with E-state index in [-0.39, 0.29) is 23.8 Å². The summed E-state index contributed by atoms with van der Waals surface area (Å²) in [5.74, 6) is -0.599. The van der Waals surface area contributed by atoms with Crippen molar-refractivity contribution in [2.24, 2.45) is 5.73 Å². The maximum Gasteiger partial charge on any atom is 0.243 e.